The van der Waals surface area contributed by atoms with Gasteiger partial charge in [-0.25, -0.2) is 9.48 Å². The van der Waals surface area contributed by atoms with Crippen molar-refractivity contribution in [2.75, 3.05) is 0 Å². The van der Waals surface area contributed by atoms with Gasteiger partial charge in [-0.3, -0.25) is 0 Å². The first-order chi connectivity index (χ1) is 5.25. The average molecular weight is 155 g/mol. The van der Waals surface area contributed by atoms with Crippen molar-refractivity contribution >= 4 is 5.97 Å². The number of carboxylic acids is 1. The van der Waals surface area contributed by atoms with Crippen molar-refractivity contribution in [3.63, 3.8) is 0 Å². The Hall–Kier alpha value is -1.39. The first-order valence-electron chi connectivity index (χ1n) is 3.37. The van der Waals surface area contributed by atoms with Crippen molar-refractivity contribution in [2.45, 2.75) is 19.9 Å². The third kappa shape index (κ3) is 1.54. The van der Waals surface area contributed by atoms with Crippen LogP contribution in [0.25, 0.3) is 0 Å². The molecule has 1 aromatic rings. The van der Waals surface area contributed by atoms with E-state index in [0.717, 1.165) is 6.42 Å². The molecule has 0 aliphatic carbocycles. The molecule has 1 heterocycles. The Morgan fingerprint density at radius 3 is 3.09 bits per heavy atom. The molecule has 1 rings (SSSR count). The zero-order chi connectivity index (χ0) is 8.27. The van der Waals surface area contributed by atoms with Crippen molar-refractivity contribution in [1.29, 1.82) is 0 Å². The zero-order valence-electron chi connectivity index (χ0n) is 6.19. The summed E-state index contributed by atoms with van der Waals surface area (Å²) in [6.45, 7) is 2.55. The lowest BCUT2D eigenvalue weighted by Gasteiger charge is -1.97. The van der Waals surface area contributed by atoms with E-state index in [9.17, 15) is 4.79 Å². The molecule has 0 saturated heterocycles. The Labute approximate surface area is 63.6 Å². The van der Waals surface area contributed by atoms with E-state index in [1.165, 1.54) is 10.9 Å². The lowest BCUT2D eigenvalue weighted by Crippen LogP contribution is -2.09. The molecule has 0 bridgehead atoms. The monoisotopic (exact) mass is 155 g/mol. The molecular weight excluding hydrogens is 146 g/mol. The number of nitrogens with zero attached hydrogens (tertiary/aromatic N) is 3. The largest absolute Gasteiger partial charge is 0.476 e. The van der Waals surface area contributed by atoms with E-state index in [-0.39, 0.29) is 5.69 Å². The summed E-state index contributed by atoms with van der Waals surface area (Å²) in [6, 6.07) is 0. The molecule has 0 aliphatic rings. The Balaban J connectivity index is 2.87. The van der Waals surface area contributed by atoms with Crippen molar-refractivity contribution in [3.05, 3.63) is 11.9 Å². The van der Waals surface area contributed by atoms with Crippen LogP contribution in [0.2, 0.25) is 0 Å². The number of rotatable bonds is 3. The highest BCUT2D eigenvalue weighted by molar-refractivity contribution is 5.85. The van der Waals surface area contributed by atoms with Gasteiger partial charge in [-0.2, -0.15) is 0 Å². The van der Waals surface area contributed by atoms with E-state index in [1.54, 1.807) is 0 Å². The van der Waals surface area contributed by atoms with Gasteiger partial charge in [-0.15, -0.1) is 5.10 Å². The highest BCUT2D eigenvalue weighted by atomic mass is 16.4. The Morgan fingerprint density at radius 2 is 2.55 bits per heavy atom. The molecule has 0 spiro atoms. The van der Waals surface area contributed by atoms with Gasteiger partial charge in [0, 0.05) is 6.54 Å². The molecule has 5 heteroatoms. The fraction of sp³-hybridized carbons (Fsp3) is 0.500. The molecule has 0 unspecified atom stereocenters. The van der Waals surface area contributed by atoms with Crippen LogP contribution < -0.4 is 0 Å². The van der Waals surface area contributed by atoms with E-state index in [4.69, 9.17) is 5.11 Å². The molecule has 1 N–H and O–H groups in total. The van der Waals surface area contributed by atoms with Crippen LogP contribution in [0.15, 0.2) is 6.20 Å². The second-order valence-electron chi connectivity index (χ2n) is 2.15. The lowest BCUT2D eigenvalue weighted by atomic mass is 10.4. The zero-order valence-corrected chi connectivity index (χ0v) is 6.19. The molecule has 1 aromatic heterocycles. The van der Waals surface area contributed by atoms with Crippen LogP contribution in [0.4, 0.5) is 0 Å². The van der Waals surface area contributed by atoms with Gasteiger partial charge >= 0.3 is 5.97 Å². The summed E-state index contributed by atoms with van der Waals surface area (Å²) in [4.78, 5) is 10.5. The maximum atomic E-state index is 10.5. The third-order valence-corrected chi connectivity index (χ3v) is 1.27. The van der Waals surface area contributed by atoms with Crippen molar-refractivity contribution in [1.82, 2.24) is 15.0 Å². The summed E-state index contributed by atoms with van der Waals surface area (Å²) in [5.74, 6) is -0.983. The smallest absolute Gasteiger partial charge is 0.355 e. The maximum Gasteiger partial charge on any atom is 0.355 e. The SMILES string of the molecule is CCCn1nncc1C(=O)O. The standard InChI is InChI=1S/C6H9N3O2/c1-2-3-9-5(6(10)11)4-7-8-9/h4H,2-3H2,1H3,(H,10,11). The Morgan fingerprint density at radius 1 is 1.82 bits per heavy atom. The molecule has 0 fully saturated rings. The predicted molar refractivity (Wildman–Crippen MR) is 37.3 cm³/mol. The molecule has 0 saturated carbocycles. The molecule has 0 amide bonds. The van der Waals surface area contributed by atoms with Crippen molar-refractivity contribution < 1.29 is 9.90 Å². The molecule has 5 nitrogen and oxygen atoms in total. The number of carboxylic acid groups (broad SMARTS) is 1. The molecule has 0 aromatic carbocycles. The predicted octanol–water partition coefficient (Wildman–Crippen LogP) is 0.386. The Bertz CT molecular complexity index is 256. The topological polar surface area (TPSA) is 68.0 Å². The molecule has 0 aliphatic heterocycles. The lowest BCUT2D eigenvalue weighted by molar-refractivity contribution is 0.0683. The van der Waals surface area contributed by atoms with Gasteiger partial charge < -0.3 is 5.11 Å². The van der Waals surface area contributed by atoms with Gasteiger partial charge in [0.15, 0.2) is 5.69 Å². The normalized spacial score (nSPS) is 9.91. The highest BCUT2D eigenvalue weighted by Gasteiger charge is 2.09. The number of hydrogen-bond donors (Lipinski definition) is 1. The third-order valence-electron chi connectivity index (χ3n) is 1.27. The van der Waals surface area contributed by atoms with Gasteiger partial charge in [0.05, 0.1) is 6.20 Å². The number of hydrogen-bond acceptors (Lipinski definition) is 3. The van der Waals surface area contributed by atoms with Gasteiger partial charge in [0.1, 0.15) is 0 Å². The highest BCUT2D eigenvalue weighted by Crippen LogP contribution is 1.96. The maximum absolute atomic E-state index is 10.5. The second-order valence-corrected chi connectivity index (χ2v) is 2.15. The van der Waals surface area contributed by atoms with Crippen LogP contribution in [0, 0.1) is 0 Å². The summed E-state index contributed by atoms with van der Waals surface area (Å²) in [7, 11) is 0. The minimum absolute atomic E-state index is 0.145. The van der Waals surface area contributed by atoms with Crippen molar-refractivity contribution in [2.24, 2.45) is 0 Å². The molecule has 60 valence electrons. The van der Waals surface area contributed by atoms with Gasteiger partial charge in [0.25, 0.3) is 0 Å². The van der Waals surface area contributed by atoms with Crippen LogP contribution in [-0.2, 0) is 6.54 Å². The van der Waals surface area contributed by atoms with E-state index >= 15 is 0 Å². The minimum atomic E-state index is -0.983. The summed E-state index contributed by atoms with van der Waals surface area (Å²) in [5, 5.41) is 15.7. The molecule has 11 heavy (non-hydrogen) atoms. The average Bonchev–Trinajstić information content (AvgIpc) is 2.36. The quantitative estimate of drug-likeness (QED) is 0.685. The number of carbonyl (C=O) groups is 1. The van der Waals surface area contributed by atoms with Crippen LogP contribution in [0.3, 0.4) is 0 Å². The minimum Gasteiger partial charge on any atom is -0.476 e. The van der Waals surface area contributed by atoms with E-state index < -0.39 is 5.97 Å². The molecule has 0 atom stereocenters. The number of aromatic nitrogens is 3. The first kappa shape index (κ1) is 7.71. The first-order valence-corrected chi connectivity index (χ1v) is 3.37. The van der Waals surface area contributed by atoms with Crippen molar-refractivity contribution in [3.8, 4) is 0 Å². The van der Waals surface area contributed by atoms with Crippen LogP contribution >= 0.6 is 0 Å². The van der Waals surface area contributed by atoms with Crippen LogP contribution in [-0.4, -0.2) is 26.1 Å². The van der Waals surface area contributed by atoms with E-state index in [1.807, 2.05) is 6.92 Å². The van der Waals surface area contributed by atoms with Crippen LogP contribution in [0.1, 0.15) is 23.8 Å². The summed E-state index contributed by atoms with van der Waals surface area (Å²) in [5.41, 5.74) is 0.145. The van der Waals surface area contributed by atoms with E-state index in [0.29, 0.717) is 6.54 Å². The van der Waals surface area contributed by atoms with Crippen LogP contribution in [0.5, 0.6) is 0 Å². The summed E-state index contributed by atoms with van der Waals surface area (Å²) < 4.78 is 1.38. The number of aromatic carboxylic acids is 1. The van der Waals surface area contributed by atoms with E-state index in [2.05, 4.69) is 10.3 Å². The van der Waals surface area contributed by atoms with Gasteiger partial charge in [-0.05, 0) is 6.42 Å². The summed E-state index contributed by atoms with van der Waals surface area (Å²) in [6.07, 6.45) is 2.10. The molecule has 0 radical (unpaired) electrons. The molecular formula is C6H9N3O2. The fourth-order valence-electron chi connectivity index (χ4n) is 0.800. The Kier molecular flexibility index (Phi) is 2.20. The second kappa shape index (κ2) is 3.14. The van der Waals surface area contributed by atoms with Gasteiger partial charge in [0.2, 0.25) is 0 Å². The summed E-state index contributed by atoms with van der Waals surface area (Å²) >= 11 is 0. The number of aryl methyl sites for hydroxylation is 1. The van der Waals surface area contributed by atoms with Gasteiger partial charge in [-0.1, -0.05) is 12.1 Å². The fourth-order valence-corrected chi connectivity index (χ4v) is 0.800.